The Kier molecular flexibility index (Phi) is 4.02. The molecule has 0 aliphatic heterocycles. The Morgan fingerprint density at radius 1 is 1.50 bits per heavy atom. The van der Waals surface area contributed by atoms with E-state index in [2.05, 4.69) is 24.4 Å². The molecule has 1 aliphatic rings. The van der Waals surface area contributed by atoms with Gasteiger partial charge in [0.15, 0.2) is 0 Å². The Bertz CT molecular complexity index is 428. The van der Waals surface area contributed by atoms with E-state index in [0.717, 1.165) is 12.8 Å². The summed E-state index contributed by atoms with van der Waals surface area (Å²) in [5.74, 6) is 0.768. The van der Waals surface area contributed by atoms with Crippen molar-refractivity contribution >= 4 is 5.91 Å². The molecule has 1 aromatic carbocycles. The molecule has 1 aromatic rings. The number of amides is 1. The summed E-state index contributed by atoms with van der Waals surface area (Å²) >= 11 is 0. The van der Waals surface area contributed by atoms with Gasteiger partial charge in [-0.3, -0.25) is 4.79 Å². The number of carbonyl (C=O) groups excluding carboxylic acids is 1. The third kappa shape index (κ3) is 3.10. The number of nitrogens with one attached hydrogen (secondary N) is 1. The van der Waals surface area contributed by atoms with Crippen LogP contribution in [0.3, 0.4) is 0 Å². The van der Waals surface area contributed by atoms with E-state index in [1.165, 1.54) is 11.1 Å². The van der Waals surface area contributed by atoms with Gasteiger partial charge in [-0.15, -0.1) is 0 Å². The Labute approximate surface area is 109 Å². The van der Waals surface area contributed by atoms with Crippen LogP contribution in [0.15, 0.2) is 24.3 Å². The van der Waals surface area contributed by atoms with Gasteiger partial charge in [0.2, 0.25) is 5.91 Å². The van der Waals surface area contributed by atoms with Crippen LogP contribution in [0, 0.1) is 12.8 Å². The molecule has 3 atom stereocenters. The zero-order chi connectivity index (χ0) is 13.1. The Morgan fingerprint density at radius 2 is 2.22 bits per heavy atom. The van der Waals surface area contributed by atoms with Crippen molar-refractivity contribution in [2.24, 2.45) is 11.7 Å². The van der Waals surface area contributed by atoms with E-state index in [1.807, 2.05) is 19.1 Å². The smallest absolute Gasteiger partial charge is 0.223 e. The average molecular weight is 246 g/mol. The zero-order valence-electron chi connectivity index (χ0n) is 11.1. The summed E-state index contributed by atoms with van der Waals surface area (Å²) in [5.41, 5.74) is 8.27. The molecular weight excluding hydrogens is 224 g/mol. The van der Waals surface area contributed by atoms with Gasteiger partial charge in [0, 0.05) is 18.5 Å². The van der Waals surface area contributed by atoms with Crippen LogP contribution in [-0.4, -0.2) is 18.5 Å². The first-order valence-corrected chi connectivity index (χ1v) is 6.68. The van der Waals surface area contributed by atoms with E-state index in [1.54, 1.807) is 0 Å². The number of nitrogens with two attached hydrogens (primary N) is 1. The van der Waals surface area contributed by atoms with Gasteiger partial charge in [-0.05, 0) is 43.7 Å². The molecule has 0 heterocycles. The first-order chi connectivity index (χ1) is 8.59. The summed E-state index contributed by atoms with van der Waals surface area (Å²) < 4.78 is 0. The number of rotatable bonds is 5. The summed E-state index contributed by atoms with van der Waals surface area (Å²) in [4.78, 5) is 11.9. The van der Waals surface area contributed by atoms with Gasteiger partial charge in [-0.25, -0.2) is 0 Å². The third-order valence-electron chi connectivity index (χ3n) is 3.61. The van der Waals surface area contributed by atoms with Crippen molar-refractivity contribution in [3.05, 3.63) is 35.4 Å². The number of hydrogen-bond acceptors (Lipinski definition) is 2. The van der Waals surface area contributed by atoms with E-state index < -0.39 is 0 Å². The van der Waals surface area contributed by atoms with Gasteiger partial charge in [0.05, 0.1) is 0 Å². The lowest BCUT2D eigenvalue weighted by Crippen LogP contribution is -2.30. The summed E-state index contributed by atoms with van der Waals surface area (Å²) in [6.45, 7) is 4.76. The molecule has 0 spiro atoms. The minimum Gasteiger partial charge on any atom is -0.356 e. The molecule has 1 amide bonds. The van der Waals surface area contributed by atoms with Gasteiger partial charge in [0.25, 0.3) is 0 Å². The molecule has 0 bridgehead atoms. The van der Waals surface area contributed by atoms with E-state index in [4.69, 9.17) is 5.73 Å². The highest BCUT2D eigenvalue weighted by Crippen LogP contribution is 2.48. The van der Waals surface area contributed by atoms with Gasteiger partial charge >= 0.3 is 0 Å². The lowest BCUT2D eigenvalue weighted by atomic mass is 10.0. The largest absolute Gasteiger partial charge is 0.356 e. The fourth-order valence-electron chi connectivity index (χ4n) is 2.39. The molecule has 0 radical (unpaired) electrons. The standard InChI is InChI=1S/C15H22N2O/c1-10-5-3-4-6-12(10)13-9-14(13)15(18)17-8-7-11(2)16/h3-6,11,13-14H,7-9,16H2,1-2H3,(H,17,18). The van der Waals surface area contributed by atoms with Crippen molar-refractivity contribution in [1.29, 1.82) is 0 Å². The molecule has 3 heteroatoms. The van der Waals surface area contributed by atoms with Crippen LogP contribution in [0.1, 0.15) is 36.8 Å². The van der Waals surface area contributed by atoms with E-state index in [0.29, 0.717) is 12.5 Å². The molecule has 3 N–H and O–H groups in total. The molecule has 1 saturated carbocycles. The van der Waals surface area contributed by atoms with Crippen LogP contribution in [0.4, 0.5) is 0 Å². The van der Waals surface area contributed by atoms with Gasteiger partial charge in [0.1, 0.15) is 0 Å². The van der Waals surface area contributed by atoms with Gasteiger partial charge in [-0.2, -0.15) is 0 Å². The molecule has 1 fully saturated rings. The lowest BCUT2D eigenvalue weighted by Gasteiger charge is -2.08. The topological polar surface area (TPSA) is 55.1 Å². The van der Waals surface area contributed by atoms with Crippen LogP contribution in [0.5, 0.6) is 0 Å². The minimum atomic E-state index is 0.150. The summed E-state index contributed by atoms with van der Waals surface area (Å²) in [5, 5.41) is 2.98. The number of carbonyl (C=O) groups is 1. The van der Waals surface area contributed by atoms with Crippen molar-refractivity contribution in [2.45, 2.75) is 38.6 Å². The van der Waals surface area contributed by atoms with E-state index >= 15 is 0 Å². The SMILES string of the molecule is Cc1ccccc1C1CC1C(=O)NCCC(C)N. The molecule has 3 nitrogen and oxygen atoms in total. The molecule has 98 valence electrons. The normalized spacial score (nSPS) is 23.5. The van der Waals surface area contributed by atoms with Crippen LogP contribution in [0.25, 0.3) is 0 Å². The predicted molar refractivity (Wildman–Crippen MR) is 73.3 cm³/mol. The van der Waals surface area contributed by atoms with Crippen LogP contribution < -0.4 is 11.1 Å². The second-order valence-electron chi connectivity index (χ2n) is 5.36. The fourth-order valence-corrected chi connectivity index (χ4v) is 2.39. The van der Waals surface area contributed by atoms with E-state index in [9.17, 15) is 4.79 Å². The molecule has 3 unspecified atom stereocenters. The number of hydrogen-bond donors (Lipinski definition) is 2. The molecule has 0 saturated heterocycles. The highest BCUT2D eigenvalue weighted by Gasteiger charge is 2.44. The molecule has 0 aromatic heterocycles. The minimum absolute atomic E-state index is 0.150. The van der Waals surface area contributed by atoms with Crippen LogP contribution in [0.2, 0.25) is 0 Å². The number of benzene rings is 1. The molecular formula is C15H22N2O. The maximum absolute atomic E-state index is 11.9. The number of aryl methyl sites for hydroxylation is 1. The zero-order valence-corrected chi connectivity index (χ0v) is 11.1. The first kappa shape index (κ1) is 13.1. The summed E-state index contributed by atoms with van der Waals surface area (Å²) in [6, 6.07) is 8.48. The Hall–Kier alpha value is -1.35. The average Bonchev–Trinajstić information content (AvgIpc) is 3.09. The monoisotopic (exact) mass is 246 g/mol. The van der Waals surface area contributed by atoms with E-state index in [-0.39, 0.29) is 17.9 Å². The maximum atomic E-state index is 11.9. The van der Waals surface area contributed by atoms with Crippen LogP contribution in [-0.2, 0) is 4.79 Å². The van der Waals surface area contributed by atoms with Crippen molar-refractivity contribution in [3.63, 3.8) is 0 Å². The summed E-state index contributed by atoms with van der Waals surface area (Å²) in [6.07, 6.45) is 1.82. The maximum Gasteiger partial charge on any atom is 0.223 e. The molecule has 18 heavy (non-hydrogen) atoms. The van der Waals surface area contributed by atoms with Crippen molar-refractivity contribution in [3.8, 4) is 0 Å². The van der Waals surface area contributed by atoms with Crippen molar-refractivity contribution < 1.29 is 4.79 Å². The second kappa shape index (κ2) is 5.53. The Balaban J connectivity index is 1.84. The fraction of sp³-hybridized carbons (Fsp3) is 0.533. The lowest BCUT2D eigenvalue weighted by molar-refractivity contribution is -0.122. The quantitative estimate of drug-likeness (QED) is 0.834. The first-order valence-electron chi connectivity index (χ1n) is 6.68. The summed E-state index contributed by atoms with van der Waals surface area (Å²) in [7, 11) is 0. The second-order valence-corrected chi connectivity index (χ2v) is 5.36. The van der Waals surface area contributed by atoms with Crippen molar-refractivity contribution in [2.75, 3.05) is 6.54 Å². The highest BCUT2D eigenvalue weighted by molar-refractivity contribution is 5.83. The van der Waals surface area contributed by atoms with Crippen molar-refractivity contribution in [1.82, 2.24) is 5.32 Å². The van der Waals surface area contributed by atoms with Gasteiger partial charge < -0.3 is 11.1 Å². The third-order valence-corrected chi connectivity index (χ3v) is 3.61. The van der Waals surface area contributed by atoms with Gasteiger partial charge in [-0.1, -0.05) is 24.3 Å². The molecule has 1 aliphatic carbocycles. The van der Waals surface area contributed by atoms with Crippen LogP contribution >= 0.6 is 0 Å². The molecule has 2 rings (SSSR count). The highest BCUT2D eigenvalue weighted by atomic mass is 16.2. The predicted octanol–water partition coefficient (Wildman–Crippen LogP) is 1.95. The Morgan fingerprint density at radius 3 is 2.89 bits per heavy atom.